The lowest BCUT2D eigenvalue weighted by Crippen LogP contribution is -2.53. The van der Waals surface area contributed by atoms with Crippen molar-refractivity contribution in [3.8, 4) is 11.1 Å². The Labute approximate surface area is 292 Å². The fourth-order valence-corrected chi connectivity index (χ4v) is 7.41. The SMILES string of the molecule is COC(=O)N[C@H](C(=O)N1CCCC1c1nc2ccc(-c3ccc4c(c3)CC([C@@H]3CCCN3C(=O)[C@@H](NC(=O)OC)C(C)C)=N4)cc2[nH]1)C(C)C. The van der Waals surface area contributed by atoms with E-state index < -0.39 is 24.3 Å². The monoisotopic (exact) mass is 685 g/mol. The van der Waals surface area contributed by atoms with E-state index in [1.54, 1.807) is 0 Å². The van der Waals surface area contributed by atoms with Gasteiger partial charge in [0.2, 0.25) is 11.8 Å². The number of hydrogen-bond donors (Lipinski definition) is 3. The van der Waals surface area contributed by atoms with Crippen LogP contribution in [0.3, 0.4) is 0 Å². The van der Waals surface area contributed by atoms with Gasteiger partial charge in [-0.1, -0.05) is 39.8 Å². The molecule has 0 bridgehead atoms. The van der Waals surface area contributed by atoms with Gasteiger partial charge in [-0.2, -0.15) is 0 Å². The molecule has 3 aliphatic rings. The van der Waals surface area contributed by atoms with Gasteiger partial charge in [0.1, 0.15) is 17.9 Å². The summed E-state index contributed by atoms with van der Waals surface area (Å²) in [7, 11) is 2.59. The maximum Gasteiger partial charge on any atom is 0.407 e. The molecule has 2 fully saturated rings. The summed E-state index contributed by atoms with van der Waals surface area (Å²) in [6, 6.07) is 10.7. The van der Waals surface area contributed by atoms with E-state index >= 15 is 0 Å². The number of nitrogens with one attached hydrogen (secondary N) is 3. The molecule has 3 aromatic rings. The van der Waals surface area contributed by atoms with Crippen LogP contribution >= 0.6 is 0 Å². The molecule has 0 radical (unpaired) electrons. The predicted molar refractivity (Wildman–Crippen MR) is 189 cm³/mol. The van der Waals surface area contributed by atoms with Crippen LogP contribution in [0.1, 0.15) is 70.8 Å². The number of H-pyrrole nitrogens is 1. The number of likely N-dealkylation sites (tertiary alicyclic amines) is 2. The topological polar surface area (TPSA) is 158 Å². The molecule has 3 aliphatic heterocycles. The molecule has 2 saturated heterocycles. The third-order valence-electron chi connectivity index (χ3n) is 10.1. The van der Waals surface area contributed by atoms with Crippen molar-refractivity contribution in [2.75, 3.05) is 27.3 Å². The van der Waals surface area contributed by atoms with Crippen molar-refractivity contribution in [3.05, 3.63) is 47.8 Å². The molecule has 13 heteroatoms. The Morgan fingerprint density at radius 3 is 1.96 bits per heavy atom. The van der Waals surface area contributed by atoms with E-state index in [2.05, 4.69) is 39.9 Å². The zero-order chi connectivity index (χ0) is 35.7. The molecule has 4 atom stereocenters. The molecule has 3 N–H and O–H groups in total. The van der Waals surface area contributed by atoms with E-state index in [9.17, 15) is 19.2 Å². The van der Waals surface area contributed by atoms with Gasteiger partial charge in [-0.15, -0.1) is 0 Å². The number of methoxy groups -OCH3 is 2. The summed E-state index contributed by atoms with van der Waals surface area (Å²) in [6.07, 6.45) is 2.74. The van der Waals surface area contributed by atoms with Crippen LogP contribution in [0.2, 0.25) is 0 Å². The van der Waals surface area contributed by atoms with Crippen LogP contribution in [0.4, 0.5) is 15.3 Å². The predicted octanol–water partition coefficient (Wildman–Crippen LogP) is 5.27. The summed E-state index contributed by atoms with van der Waals surface area (Å²) in [5.74, 6) is 0.275. The number of imidazole rings is 1. The first-order chi connectivity index (χ1) is 24.0. The fraction of sp³-hybridized carbons (Fsp3) is 0.514. The first-order valence-corrected chi connectivity index (χ1v) is 17.5. The van der Waals surface area contributed by atoms with Crippen molar-refractivity contribution >= 4 is 46.4 Å². The van der Waals surface area contributed by atoms with Crippen molar-refractivity contribution in [2.24, 2.45) is 16.8 Å². The molecule has 0 aliphatic carbocycles. The summed E-state index contributed by atoms with van der Waals surface area (Å²) in [6.45, 7) is 8.84. The number of carbonyl (C=O) groups is 4. The quantitative estimate of drug-likeness (QED) is 0.277. The number of benzene rings is 2. The highest BCUT2D eigenvalue weighted by molar-refractivity contribution is 6.01. The van der Waals surface area contributed by atoms with Gasteiger partial charge in [-0.25, -0.2) is 14.6 Å². The molecule has 4 heterocycles. The molecule has 4 amide bonds. The smallest absolute Gasteiger partial charge is 0.407 e. The third-order valence-corrected chi connectivity index (χ3v) is 10.1. The van der Waals surface area contributed by atoms with Crippen molar-refractivity contribution < 1.29 is 28.7 Å². The van der Waals surface area contributed by atoms with Crippen molar-refractivity contribution in [1.82, 2.24) is 30.4 Å². The first kappa shape index (κ1) is 34.9. The molecule has 0 saturated carbocycles. The Hall–Kier alpha value is -4.94. The number of rotatable bonds is 9. The van der Waals surface area contributed by atoms with Crippen LogP contribution in [-0.2, 0) is 25.5 Å². The highest BCUT2D eigenvalue weighted by Crippen LogP contribution is 2.37. The minimum absolute atomic E-state index is 0.0939. The number of carbonyl (C=O) groups excluding carboxylic acids is 4. The van der Waals surface area contributed by atoms with E-state index in [0.29, 0.717) is 19.5 Å². The average Bonchev–Trinajstić information content (AvgIpc) is 3.92. The number of hydrogen-bond acceptors (Lipinski definition) is 8. The molecule has 1 aromatic heterocycles. The minimum Gasteiger partial charge on any atom is -0.453 e. The average molecular weight is 686 g/mol. The molecule has 1 unspecified atom stereocenters. The second kappa shape index (κ2) is 14.5. The molecule has 50 heavy (non-hydrogen) atoms. The van der Waals surface area contributed by atoms with Crippen LogP contribution in [0, 0.1) is 11.8 Å². The Morgan fingerprint density at radius 1 is 0.800 bits per heavy atom. The number of aliphatic imine (C=N–C) groups is 1. The summed E-state index contributed by atoms with van der Waals surface area (Å²) >= 11 is 0. The van der Waals surface area contributed by atoms with Gasteiger partial charge in [0, 0.05) is 25.2 Å². The Morgan fingerprint density at radius 2 is 1.36 bits per heavy atom. The standard InChI is InChI=1S/C37H47N7O6/c1-20(2)31(41-36(47)49-5)34(45)43-15-7-9-29(43)28-19-24-17-22(11-13-25(24)38-28)23-12-14-26-27(18-23)40-33(39-26)30-10-8-16-44(30)35(46)32(21(3)4)42-37(48)50-6/h11-14,17-18,20-21,29-32H,7-10,15-16,19H2,1-6H3,(H,39,40)(H,41,47)(H,42,48)/t29-,30?,31-,32-/m0/s1. The summed E-state index contributed by atoms with van der Waals surface area (Å²) in [5, 5.41) is 5.42. The Balaban J connectivity index is 1.17. The highest BCUT2D eigenvalue weighted by atomic mass is 16.5. The van der Waals surface area contributed by atoms with Gasteiger partial charge in [0.15, 0.2) is 0 Å². The van der Waals surface area contributed by atoms with Crippen molar-refractivity contribution in [2.45, 2.75) is 84.0 Å². The zero-order valence-electron chi connectivity index (χ0n) is 29.6. The highest BCUT2D eigenvalue weighted by Gasteiger charge is 2.40. The maximum absolute atomic E-state index is 13.6. The van der Waals surface area contributed by atoms with Crippen LogP contribution in [-0.4, -0.2) is 94.9 Å². The lowest BCUT2D eigenvalue weighted by molar-refractivity contribution is -0.135. The number of alkyl carbamates (subject to hydrolysis) is 2. The molecule has 2 aromatic carbocycles. The third kappa shape index (κ3) is 6.90. The normalized spacial score (nSPS) is 19.8. The Bertz CT molecular complexity index is 1820. The zero-order valence-corrected chi connectivity index (χ0v) is 29.6. The van der Waals surface area contributed by atoms with Crippen molar-refractivity contribution in [3.63, 3.8) is 0 Å². The number of fused-ring (bicyclic) bond motifs is 2. The van der Waals surface area contributed by atoms with E-state index in [0.717, 1.165) is 70.6 Å². The van der Waals surface area contributed by atoms with Gasteiger partial charge < -0.3 is 34.9 Å². The summed E-state index contributed by atoms with van der Waals surface area (Å²) in [4.78, 5) is 68.2. The summed E-state index contributed by atoms with van der Waals surface area (Å²) in [5.41, 5.74) is 6.75. The number of amides is 4. The van der Waals surface area contributed by atoms with Crippen molar-refractivity contribution in [1.29, 1.82) is 0 Å². The number of aromatic nitrogens is 2. The second-order valence-corrected chi connectivity index (χ2v) is 14.1. The molecular formula is C37H47N7O6. The number of nitrogens with zero attached hydrogens (tertiary/aromatic N) is 4. The fourth-order valence-electron chi connectivity index (χ4n) is 7.41. The molecule has 266 valence electrons. The van der Waals surface area contributed by atoms with E-state index in [-0.39, 0.29) is 35.7 Å². The molecule has 13 nitrogen and oxygen atoms in total. The maximum atomic E-state index is 13.6. The molecule has 6 rings (SSSR count). The largest absolute Gasteiger partial charge is 0.453 e. The van der Waals surface area contributed by atoms with Gasteiger partial charge in [-0.3, -0.25) is 14.6 Å². The van der Waals surface area contributed by atoms with Crippen LogP contribution in [0.15, 0.2) is 41.4 Å². The first-order valence-electron chi connectivity index (χ1n) is 17.5. The Kier molecular flexibility index (Phi) is 10.1. The van der Waals surface area contributed by atoms with Crippen LogP contribution in [0.25, 0.3) is 22.2 Å². The minimum atomic E-state index is -0.693. The van der Waals surface area contributed by atoms with Crippen LogP contribution < -0.4 is 10.6 Å². The lowest BCUT2D eigenvalue weighted by atomic mass is 9.97. The van der Waals surface area contributed by atoms with Gasteiger partial charge >= 0.3 is 12.2 Å². The van der Waals surface area contributed by atoms with Crippen LogP contribution in [0.5, 0.6) is 0 Å². The molecular weight excluding hydrogens is 638 g/mol. The lowest BCUT2D eigenvalue weighted by Gasteiger charge is -2.30. The summed E-state index contributed by atoms with van der Waals surface area (Å²) < 4.78 is 9.53. The molecule has 0 spiro atoms. The van der Waals surface area contributed by atoms with E-state index in [1.165, 1.54) is 14.2 Å². The van der Waals surface area contributed by atoms with Gasteiger partial charge in [-0.05, 0) is 78.5 Å². The van der Waals surface area contributed by atoms with Gasteiger partial charge in [0.25, 0.3) is 0 Å². The van der Waals surface area contributed by atoms with Gasteiger partial charge in [0.05, 0.1) is 43.0 Å². The second-order valence-electron chi connectivity index (χ2n) is 14.1. The van der Waals surface area contributed by atoms with E-state index in [4.69, 9.17) is 19.5 Å². The van der Waals surface area contributed by atoms with E-state index in [1.807, 2.05) is 49.6 Å². The number of ether oxygens (including phenoxy) is 2. The number of aromatic amines is 1.